The van der Waals surface area contributed by atoms with Crippen LogP contribution in [-0.2, 0) is 10.0 Å². The van der Waals surface area contributed by atoms with Crippen LogP contribution in [0.3, 0.4) is 0 Å². The molecule has 5 nitrogen and oxygen atoms in total. The topological polar surface area (TPSA) is 74.7 Å². The highest BCUT2D eigenvalue weighted by Gasteiger charge is 2.32. The van der Waals surface area contributed by atoms with Gasteiger partial charge in [-0.1, -0.05) is 12.1 Å². The number of anilines is 1. The second-order valence-corrected chi connectivity index (χ2v) is 7.53. The van der Waals surface area contributed by atoms with Gasteiger partial charge in [-0.25, -0.2) is 12.8 Å². The molecule has 0 saturated carbocycles. The Bertz CT molecular complexity index is 911. The maximum Gasteiger partial charge on any atom is 0.264 e. The molecule has 126 valence electrons. The highest BCUT2D eigenvalue weighted by atomic mass is 32.2. The first-order valence-electron chi connectivity index (χ1n) is 7.42. The third-order valence-corrected chi connectivity index (χ3v) is 5.86. The van der Waals surface area contributed by atoms with E-state index >= 15 is 0 Å². The fourth-order valence-corrected chi connectivity index (χ4v) is 4.34. The molecule has 1 aliphatic rings. The van der Waals surface area contributed by atoms with Gasteiger partial charge in [0.2, 0.25) is 0 Å². The number of carbonyl (C=O) groups excluding carboxylic acids is 1. The summed E-state index contributed by atoms with van der Waals surface area (Å²) >= 11 is 0. The highest BCUT2D eigenvalue weighted by molar-refractivity contribution is 7.92. The van der Waals surface area contributed by atoms with Crippen LogP contribution in [0.1, 0.15) is 35.4 Å². The average molecular weight is 349 g/mol. The molecule has 2 aromatic carbocycles. The summed E-state index contributed by atoms with van der Waals surface area (Å²) in [5.41, 5.74) is 0.795. The SMILES string of the molecule is CC(=O)c1cccc(S(=O)(=O)N2CCC(O)c3cc(F)ccc32)c1. The summed E-state index contributed by atoms with van der Waals surface area (Å²) < 4.78 is 40.5. The number of aliphatic hydroxyl groups excluding tert-OH is 1. The first-order valence-corrected chi connectivity index (χ1v) is 8.86. The van der Waals surface area contributed by atoms with E-state index in [0.717, 1.165) is 16.4 Å². The third kappa shape index (κ3) is 2.81. The van der Waals surface area contributed by atoms with Crippen molar-refractivity contribution in [3.63, 3.8) is 0 Å². The van der Waals surface area contributed by atoms with Gasteiger partial charge in [0.15, 0.2) is 5.78 Å². The van der Waals surface area contributed by atoms with Crippen molar-refractivity contribution in [1.29, 1.82) is 0 Å². The first-order chi connectivity index (χ1) is 11.3. The average Bonchev–Trinajstić information content (AvgIpc) is 2.55. The van der Waals surface area contributed by atoms with Gasteiger partial charge in [-0.05, 0) is 43.7 Å². The van der Waals surface area contributed by atoms with Crippen molar-refractivity contribution in [2.24, 2.45) is 0 Å². The van der Waals surface area contributed by atoms with E-state index in [1.54, 1.807) is 6.07 Å². The zero-order valence-electron chi connectivity index (χ0n) is 12.9. The number of fused-ring (bicyclic) bond motifs is 1. The smallest absolute Gasteiger partial charge is 0.264 e. The van der Waals surface area contributed by atoms with Crippen LogP contribution in [0.15, 0.2) is 47.4 Å². The van der Waals surface area contributed by atoms with Crippen molar-refractivity contribution in [3.8, 4) is 0 Å². The number of halogens is 1. The predicted octanol–water partition coefficient (Wildman–Crippen LogP) is 2.66. The van der Waals surface area contributed by atoms with Crippen molar-refractivity contribution in [2.45, 2.75) is 24.3 Å². The first kappa shape index (κ1) is 16.6. The molecule has 0 aromatic heterocycles. The van der Waals surface area contributed by atoms with Gasteiger partial charge in [-0.2, -0.15) is 0 Å². The van der Waals surface area contributed by atoms with Crippen molar-refractivity contribution < 1.29 is 22.7 Å². The lowest BCUT2D eigenvalue weighted by Gasteiger charge is -2.33. The van der Waals surface area contributed by atoms with Gasteiger partial charge in [0.05, 0.1) is 16.7 Å². The lowest BCUT2D eigenvalue weighted by molar-refractivity contribution is 0.101. The number of ketones is 1. The van der Waals surface area contributed by atoms with Crippen LogP contribution in [0.4, 0.5) is 10.1 Å². The van der Waals surface area contributed by atoms with Gasteiger partial charge in [-0.15, -0.1) is 0 Å². The molecule has 0 aliphatic carbocycles. The lowest BCUT2D eigenvalue weighted by atomic mass is 10.0. The fourth-order valence-electron chi connectivity index (χ4n) is 2.79. The maximum absolute atomic E-state index is 13.4. The van der Waals surface area contributed by atoms with Crippen LogP contribution < -0.4 is 4.31 Å². The Hall–Kier alpha value is -2.25. The van der Waals surface area contributed by atoms with E-state index < -0.39 is 21.9 Å². The summed E-state index contributed by atoms with van der Waals surface area (Å²) in [7, 11) is -3.92. The van der Waals surface area contributed by atoms with Crippen molar-refractivity contribution in [3.05, 3.63) is 59.4 Å². The number of nitrogens with zero attached hydrogens (tertiary/aromatic N) is 1. The number of rotatable bonds is 3. The standard InChI is InChI=1S/C17H16FNO4S/c1-11(20)12-3-2-4-14(9-12)24(22,23)19-8-7-17(21)15-10-13(18)5-6-16(15)19/h2-6,9-10,17,21H,7-8H2,1H3. The molecule has 0 spiro atoms. The molecule has 0 fully saturated rings. The number of benzene rings is 2. The normalized spacial score (nSPS) is 17.5. The molecular weight excluding hydrogens is 333 g/mol. The second kappa shape index (κ2) is 5.99. The molecule has 0 amide bonds. The quantitative estimate of drug-likeness (QED) is 0.865. The van der Waals surface area contributed by atoms with E-state index in [-0.39, 0.29) is 34.9 Å². The van der Waals surface area contributed by atoms with Crippen molar-refractivity contribution in [1.82, 2.24) is 0 Å². The second-order valence-electron chi connectivity index (χ2n) is 5.67. The minimum atomic E-state index is -3.92. The summed E-state index contributed by atoms with van der Waals surface area (Å²) in [4.78, 5) is 11.5. The zero-order valence-corrected chi connectivity index (χ0v) is 13.8. The molecule has 1 aliphatic heterocycles. The molecular formula is C17H16FNO4S. The Morgan fingerprint density at radius 3 is 2.71 bits per heavy atom. The van der Waals surface area contributed by atoms with Gasteiger partial charge in [-0.3, -0.25) is 9.10 Å². The lowest BCUT2D eigenvalue weighted by Crippen LogP contribution is -2.36. The number of hydrogen-bond acceptors (Lipinski definition) is 4. The molecule has 1 heterocycles. The highest BCUT2D eigenvalue weighted by Crippen LogP contribution is 2.37. The Morgan fingerprint density at radius 2 is 2.00 bits per heavy atom. The number of hydrogen-bond donors (Lipinski definition) is 1. The van der Waals surface area contributed by atoms with Crippen LogP contribution in [0.25, 0.3) is 0 Å². The molecule has 0 radical (unpaired) electrons. The van der Waals surface area contributed by atoms with E-state index in [1.807, 2.05) is 0 Å². The molecule has 24 heavy (non-hydrogen) atoms. The molecule has 1 unspecified atom stereocenters. The van der Waals surface area contributed by atoms with Gasteiger partial charge < -0.3 is 5.11 Å². The van der Waals surface area contributed by atoms with Gasteiger partial charge in [0, 0.05) is 17.7 Å². The Balaban J connectivity index is 2.10. The van der Waals surface area contributed by atoms with E-state index in [1.165, 1.54) is 31.2 Å². The Labute approximate surface area is 139 Å². The van der Waals surface area contributed by atoms with Gasteiger partial charge >= 0.3 is 0 Å². The van der Waals surface area contributed by atoms with E-state index in [0.29, 0.717) is 5.56 Å². The Kier molecular flexibility index (Phi) is 4.15. The monoisotopic (exact) mass is 349 g/mol. The summed E-state index contributed by atoms with van der Waals surface area (Å²) in [6, 6.07) is 9.44. The molecule has 0 bridgehead atoms. The molecule has 7 heteroatoms. The number of carbonyl (C=O) groups is 1. The van der Waals surface area contributed by atoms with Crippen LogP contribution >= 0.6 is 0 Å². The van der Waals surface area contributed by atoms with Crippen molar-refractivity contribution >= 4 is 21.5 Å². The van der Waals surface area contributed by atoms with Crippen molar-refractivity contribution in [2.75, 3.05) is 10.8 Å². The summed E-state index contributed by atoms with van der Waals surface area (Å²) in [6.45, 7) is 1.44. The third-order valence-electron chi connectivity index (χ3n) is 4.05. The molecule has 1 N–H and O–H groups in total. The van der Waals surface area contributed by atoms with E-state index in [2.05, 4.69) is 0 Å². The van der Waals surface area contributed by atoms with Crippen LogP contribution in [0.2, 0.25) is 0 Å². The summed E-state index contributed by atoms with van der Waals surface area (Å²) in [5, 5.41) is 10.0. The largest absolute Gasteiger partial charge is 0.388 e. The van der Waals surface area contributed by atoms with E-state index in [4.69, 9.17) is 0 Å². The minimum absolute atomic E-state index is 0.0122. The molecule has 0 saturated heterocycles. The molecule has 3 rings (SSSR count). The molecule has 2 aromatic rings. The minimum Gasteiger partial charge on any atom is -0.388 e. The summed E-state index contributed by atoms with van der Waals surface area (Å²) in [5.74, 6) is -0.769. The maximum atomic E-state index is 13.4. The van der Waals surface area contributed by atoms with E-state index in [9.17, 15) is 22.7 Å². The molecule has 1 atom stereocenters. The van der Waals surface area contributed by atoms with Gasteiger partial charge in [0.25, 0.3) is 10.0 Å². The number of sulfonamides is 1. The Morgan fingerprint density at radius 1 is 1.25 bits per heavy atom. The predicted molar refractivity (Wildman–Crippen MR) is 87.0 cm³/mol. The fraction of sp³-hybridized carbons (Fsp3) is 0.235. The number of aliphatic hydroxyl groups is 1. The van der Waals surface area contributed by atoms with Crippen LogP contribution in [0, 0.1) is 5.82 Å². The van der Waals surface area contributed by atoms with Crippen LogP contribution in [0.5, 0.6) is 0 Å². The van der Waals surface area contributed by atoms with Crippen LogP contribution in [-0.4, -0.2) is 25.9 Å². The zero-order chi connectivity index (χ0) is 17.5. The number of Topliss-reactive ketones (excluding diaryl/α,β-unsaturated/α-hetero) is 1. The van der Waals surface area contributed by atoms with Gasteiger partial charge in [0.1, 0.15) is 5.82 Å². The summed E-state index contributed by atoms with van der Waals surface area (Å²) in [6.07, 6.45) is -0.743.